The van der Waals surface area contributed by atoms with Crippen molar-refractivity contribution in [3.63, 3.8) is 0 Å². The number of carboxylic acid groups (broad SMARTS) is 2. The molecule has 0 spiro atoms. The maximum atomic E-state index is 11.6. The SMILES string of the molecule is CCCCCCCCCCCCCCC(CCCCCCCCCCCCCCC(=O)O)C(=O)O. The summed E-state index contributed by atoms with van der Waals surface area (Å²) in [6.07, 6.45) is 32.1. The summed E-state index contributed by atoms with van der Waals surface area (Å²) >= 11 is 0. The van der Waals surface area contributed by atoms with Crippen molar-refractivity contribution in [2.24, 2.45) is 5.92 Å². The van der Waals surface area contributed by atoms with Crippen molar-refractivity contribution in [3.8, 4) is 0 Å². The largest absolute Gasteiger partial charge is 0.481 e. The van der Waals surface area contributed by atoms with E-state index in [2.05, 4.69) is 6.92 Å². The van der Waals surface area contributed by atoms with Gasteiger partial charge in [-0.05, 0) is 19.3 Å². The van der Waals surface area contributed by atoms with Crippen molar-refractivity contribution >= 4 is 11.9 Å². The molecule has 4 heteroatoms. The van der Waals surface area contributed by atoms with Crippen LogP contribution in [0.5, 0.6) is 0 Å². The maximum Gasteiger partial charge on any atom is 0.306 e. The van der Waals surface area contributed by atoms with Crippen molar-refractivity contribution in [1.82, 2.24) is 0 Å². The van der Waals surface area contributed by atoms with Crippen LogP contribution in [0, 0.1) is 5.92 Å². The fraction of sp³-hybridized carbons (Fsp3) is 0.935. The third-order valence-electron chi connectivity index (χ3n) is 7.45. The zero-order chi connectivity index (χ0) is 25.8. The lowest BCUT2D eigenvalue weighted by atomic mass is 9.94. The van der Waals surface area contributed by atoms with Crippen molar-refractivity contribution in [2.45, 2.75) is 180 Å². The van der Waals surface area contributed by atoms with Crippen LogP contribution in [0.15, 0.2) is 0 Å². The number of hydrogen-bond donors (Lipinski definition) is 2. The number of carbonyl (C=O) groups is 2. The Balaban J connectivity index is 3.41. The van der Waals surface area contributed by atoms with Crippen LogP contribution >= 0.6 is 0 Å². The van der Waals surface area contributed by atoms with E-state index in [9.17, 15) is 14.7 Å². The molecule has 0 amide bonds. The van der Waals surface area contributed by atoms with E-state index in [-0.39, 0.29) is 5.92 Å². The molecular formula is C31H60O4. The molecule has 2 N–H and O–H groups in total. The summed E-state index contributed by atoms with van der Waals surface area (Å²) in [7, 11) is 0. The van der Waals surface area contributed by atoms with Crippen molar-refractivity contribution in [1.29, 1.82) is 0 Å². The molecule has 0 bridgehead atoms. The molecule has 4 nitrogen and oxygen atoms in total. The van der Waals surface area contributed by atoms with Crippen LogP contribution < -0.4 is 0 Å². The van der Waals surface area contributed by atoms with Gasteiger partial charge in [-0.3, -0.25) is 9.59 Å². The van der Waals surface area contributed by atoms with Crippen LogP contribution in [0.1, 0.15) is 180 Å². The van der Waals surface area contributed by atoms with Crippen molar-refractivity contribution < 1.29 is 19.8 Å². The van der Waals surface area contributed by atoms with Gasteiger partial charge in [0.25, 0.3) is 0 Å². The summed E-state index contributed by atoms with van der Waals surface area (Å²) in [6.45, 7) is 2.27. The summed E-state index contributed by atoms with van der Waals surface area (Å²) in [5, 5.41) is 18.2. The molecule has 0 aromatic carbocycles. The number of hydrogen-bond acceptors (Lipinski definition) is 2. The van der Waals surface area contributed by atoms with Crippen LogP contribution in [0.25, 0.3) is 0 Å². The zero-order valence-corrected chi connectivity index (χ0v) is 23.4. The first-order valence-electron chi connectivity index (χ1n) is 15.5. The first kappa shape index (κ1) is 33.9. The predicted molar refractivity (Wildman–Crippen MR) is 149 cm³/mol. The highest BCUT2D eigenvalue weighted by Crippen LogP contribution is 2.20. The average Bonchev–Trinajstić information content (AvgIpc) is 2.83. The van der Waals surface area contributed by atoms with Gasteiger partial charge >= 0.3 is 11.9 Å². The predicted octanol–water partition coefficient (Wildman–Crippen LogP) is 10.3. The molecule has 0 fully saturated rings. The molecule has 208 valence electrons. The van der Waals surface area contributed by atoms with Gasteiger partial charge in [0, 0.05) is 6.42 Å². The van der Waals surface area contributed by atoms with Gasteiger partial charge in [-0.2, -0.15) is 0 Å². The van der Waals surface area contributed by atoms with E-state index in [1.54, 1.807) is 0 Å². The lowest BCUT2D eigenvalue weighted by molar-refractivity contribution is -0.142. The average molecular weight is 497 g/mol. The molecule has 1 atom stereocenters. The summed E-state index contributed by atoms with van der Waals surface area (Å²) in [5.74, 6) is -1.40. The molecule has 0 radical (unpaired) electrons. The number of aliphatic carboxylic acids is 2. The Bertz CT molecular complexity index is 463. The van der Waals surface area contributed by atoms with Crippen LogP contribution in [0.2, 0.25) is 0 Å². The first-order chi connectivity index (χ1) is 17.1. The molecule has 35 heavy (non-hydrogen) atoms. The highest BCUT2D eigenvalue weighted by Gasteiger charge is 2.16. The standard InChI is InChI=1S/C31H60O4/c1-2-3-4-5-6-7-8-11-14-17-20-23-26-29(31(34)35)27-24-21-18-15-12-9-10-13-16-19-22-25-28-30(32)33/h29H,2-28H2,1H3,(H,32,33)(H,34,35). The van der Waals surface area contributed by atoms with E-state index in [4.69, 9.17) is 5.11 Å². The van der Waals surface area contributed by atoms with Gasteiger partial charge in [-0.1, -0.05) is 155 Å². The second-order valence-corrected chi connectivity index (χ2v) is 10.9. The number of rotatable bonds is 29. The molecule has 0 aromatic heterocycles. The molecule has 0 saturated carbocycles. The second kappa shape index (κ2) is 27.5. The Hall–Kier alpha value is -1.06. The van der Waals surface area contributed by atoms with Crippen molar-refractivity contribution in [2.75, 3.05) is 0 Å². The molecular weight excluding hydrogens is 436 g/mol. The third kappa shape index (κ3) is 27.4. The highest BCUT2D eigenvalue weighted by molar-refractivity contribution is 5.69. The summed E-state index contributed by atoms with van der Waals surface area (Å²) in [5.41, 5.74) is 0. The summed E-state index contributed by atoms with van der Waals surface area (Å²) in [6, 6.07) is 0. The molecule has 0 aliphatic heterocycles. The lowest BCUT2D eigenvalue weighted by Crippen LogP contribution is -2.13. The Morgan fingerprint density at radius 1 is 0.457 bits per heavy atom. The van der Waals surface area contributed by atoms with Crippen molar-refractivity contribution in [3.05, 3.63) is 0 Å². The van der Waals surface area contributed by atoms with Crippen LogP contribution in [-0.2, 0) is 9.59 Å². The second-order valence-electron chi connectivity index (χ2n) is 10.9. The molecule has 0 rings (SSSR count). The van der Waals surface area contributed by atoms with E-state index in [0.717, 1.165) is 44.9 Å². The quantitative estimate of drug-likeness (QED) is 0.101. The van der Waals surface area contributed by atoms with E-state index in [1.807, 2.05) is 0 Å². The molecule has 0 aliphatic carbocycles. The molecule has 1 unspecified atom stereocenters. The van der Waals surface area contributed by atoms with E-state index < -0.39 is 11.9 Å². The molecule has 0 saturated heterocycles. The van der Waals surface area contributed by atoms with Gasteiger partial charge < -0.3 is 10.2 Å². The normalized spacial score (nSPS) is 12.1. The van der Waals surface area contributed by atoms with E-state index in [1.165, 1.54) is 122 Å². The van der Waals surface area contributed by atoms with Crippen LogP contribution in [-0.4, -0.2) is 22.2 Å². The van der Waals surface area contributed by atoms with Crippen LogP contribution in [0.3, 0.4) is 0 Å². The topological polar surface area (TPSA) is 74.6 Å². The third-order valence-corrected chi connectivity index (χ3v) is 7.45. The smallest absolute Gasteiger partial charge is 0.306 e. The van der Waals surface area contributed by atoms with Gasteiger partial charge in [-0.15, -0.1) is 0 Å². The molecule has 0 heterocycles. The highest BCUT2D eigenvalue weighted by atomic mass is 16.4. The fourth-order valence-corrected chi connectivity index (χ4v) is 5.06. The minimum atomic E-state index is -0.678. The Kier molecular flexibility index (Phi) is 26.7. The van der Waals surface area contributed by atoms with Gasteiger partial charge in [0.05, 0.1) is 5.92 Å². The van der Waals surface area contributed by atoms with Gasteiger partial charge in [0.1, 0.15) is 0 Å². The maximum absolute atomic E-state index is 11.6. The Morgan fingerprint density at radius 2 is 0.743 bits per heavy atom. The van der Waals surface area contributed by atoms with E-state index in [0.29, 0.717) is 6.42 Å². The Morgan fingerprint density at radius 3 is 1.03 bits per heavy atom. The molecule has 0 aliphatic rings. The first-order valence-corrected chi connectivity index (χ1v) is 15.5. The van der Waals surface area contributed by atoms with E-state index >= 15 is 0 Å². The minimum absolute atomic E-state index is 0.131. The fourth-order valence-electron chi connectivity index (χ4n) is 5.06. The molecule has 0 aromatic rings. The monoisotopic (exact) mass is 496 g/mol. The minimum Gasteiger partial charge on any atom is -0.481 e. The summed E-state index contributed by atoms with van der Waals surface area (Å²) in [4.78, 5) is 22.0. The van der Waals surface area contributed by atoms with Gasteiger partial charge in [-0.25, -0.2) is 0 Å². The zero-order valence-electron chi connectivity index (χ0n) is 23.4. The summed E-state index contributed by atoms with van der Waals surface area (Å²) < 4.78 is 0. The van der Waals surface area contributed by atoms with Crippen LogP contribution in [0.4, 0.5) is 0 Å². The lowest BCUT2D eigenvalue weighted by Gasteiger charge is -2.12. The van der Waals surface area contributed by atoms with Gasteiger partial charge in [0.15, 0.2) is 0 Å². The number of carboxylic acids is 2. The number of unbranched alkanes of at least 4 members (excludes halogenated alkanes) is 22. The van der Waals surface area contributed by atoms with Gasteiger partial charge in [0.2, 0.25) is 0 Å². The Labute approximate surface area is 218 Å².